The van der Waals surface area contributed by atoms with Crippen molar-refractivity contribution in [3.8, 4) is 5.69 Å². The number of likely N-dealkylation sites (tertiary alicyclic amines) is 1. The Labute approximate surface area is 152 Å². The second-order valence-corrected chi connectivity index (χ2v) is 7.78. The summed E-state index contributed by atoms with van der Waals surface area (Å²) >= 11 is 1.43. The molecule has 2 aliphatic rings. The molecule has 2 heterocycles. The van der Waals surface area contributed by atoms with Crippen LogP contribution in [0.1, 0.15) is 38.5 Å². The quantitative estimate of drug-likeness (QED) is 0.787. The van der Waals surface area contributed by atoms with Gasteiger partial charge in [-0.15, -0.1) is 5.10 Å². The van der Waals surface area contributed by atoms with E-state index in [0.29, 0.717) is 22.9 Å². The lowest BCUT2D eigenvalue weighted by molar-refractivity contribution is -0.134. The van der Waals surface area contributed by atoms with Gasteiger partial charge >= 0.3 is 0 Å². The predicted molar refractivity (Wildman–Crippen MR) is 96.6 cm³/mol. The van der Waals surface area contributed by atoms with Crippen LogP contribution < -0.4 is 0 Å². The summed E-state index contributed by atoms with van der Waals surface area (Å²) < 4.78 is 1.69. The first-order valence-corrected chi connectivity index (χ1v) is 10.1. The molecule has 25 heavy (non-hydrogen) atoms. The number of hydrogen-bond acceptors (Lipinski definition) is 5. The summed E-state index contributed by atoms with van der Waals surface area (Å²) in [5, 5.41) is 12.6. The van der Waals surface area contributed by atoms with E-state index >= 15 is 0 Å². The van der Waals surface area contributed by atoms with E-state index in [4.69, 9.17) is 0 Å². The lowest BCUT2D eigenvalue weighted by atomic mass is 9.78. The highest BCUT2D eigenvalue weighted by molar-refractivity contribution is 7.99. The van der Waals surface area contributed by atoms with Crippen LogP contribution in [0.5, 0.6) is 0 Å². The van der Waals surface area contributed by atoms with Crippen LogP contribution >= 0.6 is 11.8 Å². The third-order valence-electron chi connectivity index (χ3n) is 5.33. The van der Waals surface area contributed by atoms with Crippen molar-refractivity contribution in [3.05, 3.63) is 30.3 Å². The fraction of sp³-hybridized carbons (Fsp3) is 0.556. The number of thioether (sulfide) groups is 1. The fourth-order valence-electron chi connectivity index (χ4n) is 4.14. The molecule has 1 amide bonds. The molecular weight excluding hydrogens is 334 g/mol. The topological polar surface area (TPSA) is 63.9 Å². The molecule has 2 atom stereocenters. The lowest BCUT2D eigenvalue weighted by Crippen LogP contribution is -2.50. The van der Waals surface area contributed by atoms with Crippen molar-refractivity contribution in [2.45, 2.75) is 49.7 Å². The van der Waals surface area contributed by atoms with Gasteiger partial charge in [-0.2, -0.15) is 4.68 Å². The van der Waals surface area contributed by atoms with E-state index in [2.05, 4.69) is 20.4 Å². The van der Waals surface area contributed by atoms with Crippen molar-refractivity contribution < 1.29 is 4.79 Å². The van der Waals surface area contributed by atoms with Gasteiger partial charge in [0.05, 0.1) is 11.4 Å². The Bertz CT molecular complexity index is 717. The van der Waals surface area contributed by atoms with Crippen LogP contribution in [0.25, 0.3) is 5.69 Å². The van der Waals surface area contributed by atoms with E-state index in [0.717, 1.165) is 18.7 Å². The predicted octanol–water partition coefficient (Wildman–Crippen LogP) is 2.94. The summed E-state index contributed by atoms with van der Waals surface area (Å²) in [7, 11) is 0. The molecule has 0 radical (unpaired) electrons. The highest BCUT2D eigenvalue weighted by Gasteiger charge is 2.35. The number of nitrogens with zero attached hydrogens (tertiary/aromatic N) is 5. The Morgan fingerprint density at radius 1 is 1.12 bits per heavy atom. The third kappa shape index (κ3) is 3.56. The van der Waals surface area contributed by atoms with Crippen molar-refractivity contribution in [3.63, 3.8) is 0 Å². The second-order valence-electron chi connectivity index (χ2n) is 6.84. The van der Waals surface area contributed by atoms with Crippen LogP contribution in [0.3, 0.4) is 0 Å². The highest BCUT2D eigenvalue weighted by Crippen LogP contribution is 2.35. The summed E-state index contributed by atoms with van der Waals surface area (Å²) in [4.78, 5) is 15.0. The molecular formula is C18H23N5OS. The Balaban J connectivity index is 1.42. The molecule has 1 aliphatic heterocycles. The van der Waals surface area contributed by atoms with E-state index in [-0.39, 0.29) is 5.91 Å². The number of tetrazole rings is 1. The number of carbonyl (C=O) groups excluding carboxylic acids is 1. The molecule has 7 heteroatoms. The van der Waals surface area contributed by atoms with E-state index in [1.54, 1.807) is 4.68 Å². The van der Waals surface area contributed by atoms with Crippen molar-refractivity contribution >= 4 is 17.7 Å². The van der Waals surface area contributed by atoms with Gasteiger partial charge in [0.25, 0.3) is 0 Å². The maximum atomic E-state index is 12.8. The van der Waals surface area contributed by atoms with Crippen LogP contribution in [-0.2, 0) is 4.79 Å². The first-order chi connectivity index (χ1) is 12.3. The number of carbonyl (C=O) groups is 1. The number of fused-ring (bicyclic) bond motifs is 1. The summed E-state index contributed by atoms with van der Waals surface area (Å²) in [6.07, 6.45) is 7.46. The molecule has 1 aromatic carbocycles. The standard InChI is InChI=1S/C18H23N5OS/c24-17(22-12-6-8-14-7-4-5-11-16(14)22)13-25-18-19-20-21-23(18)15-9-2-1-3-10-15/h1-3,9-10,14,16H,4-8,11-13H2/t14-,16-/m1/s1. The molecule has 1 saturated heterocycles. The summed E-state index contributed by atoms with van der Waals surface area (Å²) in [5.74, 6) is 1.34. The van der Waals surface area contributed by atoms with E-state index in [1.807, 2.05) is 30.3 Å². The number of amides is 1. The minimum atomic E-state index is 0.226. The summed E-state index contributed by atoms with van der Waals surface area (Å²) in [6, 6.07) is 10.2. The molecule has 6 nitrogen and oxygen atoms in total. The van der Waals surface area contributed by atoms with E-state index < -0.39 is 0 Å². The molecule has 1 aliphatic carbocycles. The van der Waals surface area contributed by atoms with Gasteiger partial charge in [0.15, 0.2) is 0 Å². The molecule has 132 valence electrons. The van der Waals surface area contributed by atoms with Gasteiger partial charge < -0.3 is 4.90 Å². The molecule has 0 bridgehead atoms. The maximum absolute atomic E-state index is 12.8. The monoisotopic (exact) mass is 357 g/mol. The Morgan fingerprint density at radius 3 is 2.80 bits per heavy atom. The average molecular weight is 357 g/mol. The maximum Gasteiger partial charge on any atom is 0.233 e. The van der Waals surface area contributed by atoms with Gasteiger partial charge in [0, 0.05) is 12.6 Å². The largest absolute Gasteiger partial charge is 0.339 e. The molecule has 0 N–H and O–H groups in total. The number of rotatable bonds is 4. The molecule has 1 saturated carbocycles. The zero-order chi connectivity index (χ0) is 17.1. The number of para-hydroxylation sites is 1. The number of piperidine rings is 1. The lowest BCUT2D eigenvalue weighted by Gasteiger charge is -2.44. The number of hydrogen-bond donors (Lipinski definition) is 0. The van der Waals surface area contributed by atoms with Crippen molar-refractivity contribution in [1.82, 2.24) is 25.1 Å². The van der Waals surface area contributed by atoms with Crippen LogP contribution in [0.2, 0.25) is 0 Å². The van der Waals surface area contributed by atoms with Crippen molar-refractivity contribution in [2.75, 3.05) is 12.3 Å². The molecule has 1 aromatic heterocycles. The number of aromatic nitrogens is 4. The van der Waals surface area contributed by atoms with Gasteiger partial charge in [0.1, 0.15) is 0 Å². The minimum Gasteiger partial charge on any atom is -0.339 e. The third-order valence-corrected chi connectivity index (χ3v) is 6.23. The van der Waals surface area contributed by atoms with Gasteiger partial charge in [-0.05, 0) is 54.2 Å². The van der Waals surface area contributed by atoms with Crippen molar-refractivity contribution in [2.24, 2.45) is 5.92 Å². The molecule has 4 rings (SSSR count). The first-order valence-electron chi connectivity index (χ1n) is 9.09. The number of benzene rings is 1. The van der Waals surface area contributed by atoms with Gasteiger partial charge in [-0.25, -0.2) is 0 Å². The minimum absolute atomic E-state index is 0.226. The van der Waals surface area contributed by atoms with Crippen LogP contribution in [0.4, 0.5) is 0 Å². The molecule has 2 fully saturated rings. The zero-order valence-electron chi connectivity index (χ0n) is 14.3. The molecule has 0 unspecified atom stereocenters. The van der Waals surface area contributed by atoms with Crippen LogP contribution in [0.15, 0.2) is 35.5 Å². The fourth-order valence-corrected chi connectivity index (χ4v) is 4.92. The van der Waals surface area contributed by atoms with E-state index in [1.165, 1.54) is 43.9 Å². The first kappa shape index (κ1) is 16.6. The second kappa shape index (κ2) is 7.56. The van der Waals surface area contributed by atoms with Crippen LogP contribution in [-0.4, -0.2) is 49.4 Å². The van der Waals surface area contributed by atoms with E-state index in [9.17, 15) is 4.79 Å². The summed E-state index contributed by atoms with van der Waals surface area (Å²) in [5.41, 5.74) is 0.910. The van der Waals surface area contributed by atoms with Crippen LogP contribution in [0, 0.1) is 5.92 Å². The molecule has 2 aromatic rings. The van der Waals surface area contributed by atoms with Gasteiger partial charge in [-0.1, -0.05) is 42.8 Å². The summed E-state index contributed by atoms with van der Waals surface area (Å²) in [6.45, 7) is 0.907. The Kier molecular flexibility index (Phi) is 5.01. The smallest absolute Gasteiger partial charge is 0.233 e. The van der Waals surface area contributed by atoms with Gasteiger partial charge in [-0.3, -0.25) is 4.79 Å². The van der Waals surface area contributed by atoms with Crippen molar-refractivity contribution in [1.29, 1.82) is 0 Å². The average Bonchev–Trinajstić information content (AvgIpc) is 3.15. The van der Waals surface area contributed by atoms with Gasteiger partial charge in [0.2, 0.25) is 11.1 Å². The normalized spacial score (nSPS) is 23.3. The Morgan fingerprint density at radius 2 is 1.92 bits per heavy atom. The highest BCUT2D eigenvalue weighted by atomic mass is 32.2. The SMILES string of the molecule is O=C(CSc1nnnn1-c1ccccc1)N1CCC[C@H]2CCCC[C@H]21. The zero-order valence-corrected chi connectivity index (χ0v) is 15.1. The Hall–Kier alpha value is -1.89. The molecule has 0 spiro atoms.